The van der Waals surface area contributed by atoms with E-state index in [0.29, 0.717) is 17.3 Å². The Kier molecular flexibility index (Phi) is 5.36. The molecule has 1 fully saturated rings. The Labute approximate surface area is 185 Å². The smallest absolute Gasteiger partial charge is 0.162 e. The molecule has 3 aromatic heterocycles. The molecule has 0 radical (unpaired) electrons. The van der Waals surface area contributed by atoms with E-state index in [9.17, 15) is 0 Å². The summed E-state index contributed by atoms with van der Waals surface area (Å²) in [4.78, 5) is 13.5. The van der Waals surface area contributed by atoms with Crippen LogP contribution < -0.4 is 25.3 Å². The number of nitrogen functional groups attached to an aromatic ring is 1. The number of hydrogen-bond donors (Lipinski definition) is 2. The largest absolute Gasteiger partial charge is 0.493 e. The monoisotopic (exact) mass is 431 g/mol. The van der Waals surface area contributed by atoms with E-state index < -0.39 is 0 Å². The third-order valence-corrected chi connectivity index (χ3v) is 5.81. The molecule has 0 aliphatic carbocycles. The zero-order chi connectivity index (χ0) is 22.1. The minimum absolute atomic E-state index is 0.195. The van der Waals surface area contributed by atoms with Crippen molar-refractivity contribution in [2.45, 2.75) is 18.9 Å². The van der Waals surface area contributed by atoms with Gasteiger partial charge < -0.3 is 25.3 Å². The highest BCUT2D eigenvalue weighted by molar-refractivity contribution is 6.10. The number of rotatable bonds is 5. The molecule has 0 bridgehead atoms. The van der Waals surface area contributed by atoms with Gasteiger partial charge in [-0.05, 0) is 49.5 Å². The van der Waals surface area contributed by atoms with Gasteiger partial charge in [-0.2, -0.15) is 0 Å². The third kappa shape index (κ3) is 3.73. The lowest BCUT2D eigenvalue weighted by Crippen LogP contribution is -2.34. The molecule has 1 aromatic carbocycles. The molecule has 8 nitrogen and oxygen atoms in total. The SMILES string of the molecule is COc1cc2ncc3c(N)nc(-c4cncc(OC5CCNCC5)c4)cc3c2cc1OC. The van der Waals surface area contributed by atoms with E-state index in [1.807, 2.05) is 24.3 Å². The highest BCUT2D eigenvalue weighted by atomic mass is 16.5. The molecule has 164 valence electrons. The predicted octanol–water partition coefficient (Wildman–Crippen LogP) is 3.58. The lowest BCUT2D eigenvalue weighted by atomic mass is 10.0. The number of nitrogens with two attached hydrogens (primary N) is 1. The number of hydrogen-bond acceptors (Lipinski definition) is 8. The van der Waals surface area contributed by atoms with Gasteiger partial charge in [0, 0.05) is 34.8 Å². The van der Waals surface area contributed by atoms with Gasteiger partial charge >= 0.3 is 0 Å². The van der Waals surface area contributed by atoms with Crippen LogP contribution in [0.25, 0.3) is 32.9 Å². The highest BCUT2D eigenvalue weighted by Crippen LogP contribution is 2.37. The normalized spacial score (nSPS) is 14.6. The van der Waals surface area contributed by atoms with Gasteiger partial charge in [0.25, 0.3) is 0 Å². The molecule has 0 unspecified atom stereocenters. The van der Waals surface area contributed by atoms with Crippen molar-refractivity contribution in [3.8, 4) is 28.5 Å². The molecule has 4 heterocycles. The number of methoxy groups -OCH3 is 2. The molecule has 1 aliphatic rings. The van der Waals surface area contributed by atoms with Gasteiger partial charge in [0.1, 0.15) is 17.7 Å². The Balaban J connectivity index is 1.60. The van der Waals surface area contributed by atoms with E-state index >= 15 is 0 Å². The summed E-state index contributed by atoms with van der Waals surface area (Å²) in [6, 6.07) is 7.75. The minimum atomic E-state index is 0.195. The quantitative estimate of drug-likeness (QED) is 0.462. The first-order valence-corrected chi connectivity index (χ1v) is 10.6. The van der Waals surface area contributed by atoms with Crippen LogP contribution in [0.1, 0.15) is 12.8 Å². The Morgan fingerprint density at radius 2 is 1.69 bits per heavy atom. The predicted molar refractivity (Wildman–Crippen MR) is 124 cm³/mol. The van der Waals surface area contributed by atoms with Gasteiger partial charge in [-0.15, -0.1) is 0 Å². The van der Waals surface area contributed by atoms with Gasteiger partial charge in [-0.25, -0.2) is 4.98 Å². The van der Waals surface area contributed by atoms with E-state index in [-0.39, 0.29) is 6.10 Å². The number of ether oxygens (including phenoxy) is 3. The van der Waals surface area contributed by atoms with Crippen LogP contribution in [0, 0.1) is 0 Å². The van der Waals surface area contributed by atoms with Gasteiger partial charge in [0.2, 0.25) is 0 Å². The first kappa shape index (κ1) is 20.3. The number of piperidine rings is 1. The van der Waals surface area contributed by atoms with Crippen LogP contribution in [0.4, 0.5) is 5.82 Å². The number of aromatic nitrogens is 3. The van der Waals surface area contributed by atoms with Crippen molar-refractivity contribution in [2.24, 2.45) is 0 Å². The molecule has 3 N–H and O–H groups in total. The lowest BCUT2D eigenvalue weighted by Gasteiger charge is -2.23. The molecule has 4 aromatic rings. The number of benzene rings is 1. The second-order valence-corrected chi connectivity index (χ2v) is 7.81. The summed E-state index contributed by atoms with van der Waals surface area (Å²) in [6.07, 6.45) is 7.42. The molecule has 8 heteroatoms. The lowest BCUT2D eigenvalue weighted by molar-refractivity contribution is 0.162. The molecule has 5 rings (SSSR count). The third-order valence-electron chi connectivity index (χ3n) is 5.81. The summed E-state index contributed by atoms with van der Waals surface area (Å²) in [6.45, 7) is 1.94. The first-order valence-electron chi connectivity index (χ1n) is 10.6. The number of anilines is 1. The average molecular weight is 431 g/mol. The first-order chi connectivity index (χ1) is 15.7. The van der Waals surface area contributed by atoms with Crippen molar-refractivity contribution in [3.05, 3.63) is 42.9 Å². The zero-order valence-electron chi connectivity index (χ0n) is 18.1. The Morgan fingerprint density at radius 3 is 2.47 bits per heavy atom. The Bertz CT molecular complexity index is 1290. The summed E-state index contributed by atoms with van der Waals surface area (Å²) >= 11 is 0. The zero-order valence-corrected chi connectivity index (χ0v) is 18.1. The second-order valence-electron chi connectivity index (χ2n) is 7.81. The van der Waals surface area contributed by atoms with Crippen molar-refractivity contribution in [3.63, 3.8) is 0 Å². The average Bonchev–Trinajstić information content (AvgIpc) is 2.83. The van der Waals surface area contributed by atoms with Crippen molar-refractivity contribution >= 4 is 27.5 Å². The molecule has 0 amide bonds. The number of pyridine rings is 3. The van der Waals surface area contributed by atoms with Crippen LogP contribution in [0.5, 0.6) is 17.2 Å². The fourth-order valence-electron chi connectivity index (χ4n) is 4.14. The topological polar surface area (TPSA) is 104 Å². The van der Waals surface area contributed by atoms with Gasteiger partial charge in [-0.1, -0.05) is 0 Å². The Hall–Kier alpha value is -3.65. The van der Waals surface area contributed by atoms with Crippen LogP contribution in [-0.4, -0.2) is 48.4 Å². The molecule has 0 atom stereocenters. The van der Waals surface area contributed by atoms with Gasteiger partial charge in [0.05, 0.1) is 31.6 Å². The maximum absolute atomic E-state index is 6.33. The molecule has 1 saturated heterocycles. The van der Waals surface area contributed by atoms with Crippen molar-refractivity contribution in [2.75, 3.05) is 33.0 Å². The van der Waals surface area contributed by atoms with E-state index in [2.05, 4.69) is 20.3 Å². The van der Waals surface area contributed by atoms with Crippen LogP contribution in [0.2, 0.25) is 0 Å². The van der Waals surface area contributed by atoms with Crippen molar-refractivity contribution in [1.82, 2.24) is 20.3 Å². The maximum Gasteiger partial charge on any atom is 0.162 e. The van der Waals surface area contributed by atoms with E-state index in [4.69, 9.17) is 19.9 Å². The van der Waals surface area contributed by atoms with Crippen molar-refractivity contribution in [1.29, 1.82) is 0 Å². The van der Waals surface area contributed by atoms with Gasteiger partial charge in [-0.3, -0.25) is 9.97 Å². The van der Waals surface area contributed by atoms with Gasteiger partial charge in [0.15, 0.2) is 11.5 Å². The van der Waals surface area contributed by atoms with Crippen LogP contribution >= 0.6 is 0 Å². The summed E-state index contributed by atoms with van der Waals surface area (Å²) in [5.41, 5.74) is 8.68. The van der Waals surface area contributed by atoms with E-state index in [0.717, 1.165) is 64.6 Å². The van der Waals surface area contributed by atoms with E-state index in [1.165, 1.54) is 0 Å². The molecule has 32 heavy (non-hydrogen) atoms. The van der Waals surface area contributed by atoms with Crippen LogP contribution in [0.15, 0.2) is 42.9 Å². The second kappa shape index (κ2) is 8.47. The summed E-state index contributed by atoms with van der Waals surface area (Å²) in [5, 5.41) is 5.97. The molecule has 1 aliphatic heterocycles. The Morgan fingerprint density at radius 1 is 0.906 bits per heavy atom. The molecule has 0 spiro atoms. The fourth-order valence-corrected chi connectivity index (χ4v) is 4.14. The molecular formula is C24H25N5O3. The van der Waals surface area contributed by atoms with Crippen molar-refractivity contribution < 1.29 is 14.2 Å². The molecular weight excluding hydrogens is 406 g/mol. The van der Waals surface area contributed by atoms with Crippen LogP contribution in [-0.2, 0) is 0 Å². The fraction of sp³-hybridized carbons (Fsp3) is 0.292. The summed E-state index contributed by atoms with van der Waals surface area (Å²) < 4.78 is 17.1. The number of nitrogens with one attached hydrogen (secondary N) is 1. The maximum atomic E-state index is 6.33. The molecule has 0 saturated carbocycles. The highest BCUT2D eigenvalue weighted by Gasteiger charge is 2.16. The number of nitrogens with zero attached hydrogens (tertiary/aromatic N) is 3. The van der Waals surface area contributed by atoms with E-state index in [1.54, 1.807) is 32.8 Å². The number of fused-ring (bicyclic) bond motifs is 3. The summed E-state index contributed by atoms with van der Waals surface area (Å²) in [5.74, 6) is 2.40. The summed E-state index contributed by atoms with van der Waals surface area (Å²) in [7, 11) is 3.22. The van der Waals surface area contributed by atoms with Crippen LogP contribution in [0.3, 0.4) is 0 Å². The standard InChI is InChI=1S/C24H25N5O3/c1-30-22-9-18-17-8-20(29-24(25)19(17)13-28-21(18)10-23(22)31-2)14-7-16(12-27-11-14)32-15-3-5-26-6-4-15/h7-13,15,26H,3-6H2,1-2H3,(H2,25,29). The minimum Gasteiger partial charge on any atom is -0.493 e.